The third kappa shape index (κ3) is 5.68. The Morgan fingerprint density at radius 1 is 1.17 bits per heavy atom. The molecule has 0 amide bonds. The van der Waals surface area contributed by atoms with Gasteiger partial charge in [-0.2, -0.15) is 17.9 Å². The van der Waals surface area contributed by atoms with Crippen LogP contribution in [0.15, 0.2) is 70.7 Å². The maximum Gasteiger partial charge on any atom is 0.421 e. The first kappa shape index (κ1) is 29.8. The minimum Gasteiger partial charge on any atom is -0.384 e. The molecule has 1 aliphatic heterocycles. The minimum atomic E-state index is -4.93. The van der Waals surface area contributed by atoms with E-state index in [1.807, 2.05) is 0 Å². The highest BCUT2D eigenvalue weighted by atomic mass is 35.5. The number of ketones is 1. The molecule has 0 spiro atoms. The van der Waals surface area contributed by atoms with Gasteiger partial charge in [-0.1, -0.05) is 29.8 Å². The molecule has 15 heteroatoms. The van der Waals surface area contributed by atoms with E-state index in [1.54, 1.807) is 24.3 Å². The van der Waals surface area contributed by atoms with Gasteiger partial charge in [-0.25, -0.2) is 13.4 Å². The van der Waals surface area contributed by atoms with Crippen LogP contribution in [0.4, 0.5) is 19.0 Å². The van der Waals surface area contributed by atoms with E-state index in [1.165, 1.54) is 18.3 Å². The lowest BCUT2D eigenvalue weighted by molar-refractivity contribution is -0.258. The number of carbonyl (C=O) groups excluding carboxylic acids is 1. The number of aliphatic imine (C=N–C) groups is 1. The maximum atomic E-state index is 13.5. The SMILES string of the molecule is C[C@](O)(c1ccnc(-c2cccc3cc([C@H](NS(=O)(=O)C4=CC(=O)CN=C4)c4nc(N)ccc4Cl)sc23)c1)C(F)(F)F. The molecule has 0 saturated heterocycles. The zero-order valence-corrected chi connectivity index (χ0v) is 23.9. The highest BCUT2D eigenvalue weighted by Gasteiger charge is 2.51. The summed E-state index contributed by atoms with van der Waals surface area (Å²) < 4.78 is 70.4. The summed E-state index contributed by atoms with van der Waals surface area (Å²) in [6.45, 7) is 0.493. The quantitative estimate of drug-likeness (QED) is 0.261. The monoisotopic (exact) mass is 635 g/mol. The number of carbonyl (C=O) groups is 1. The average Bonchev–Trinajstić information content (AvgIpc) is 3.37. The van der Waals surface area contributed by atoms with Crippen molar-refractivity contribution in [3.63, 3.8) is 0 Å². The van der Waals surface area contributed by atoms with Crippen LogP contribution in [-0.4, -0.2) is 48.2 Å². The second-order valence-corrected chi connectivity index (χ2v) is 12.7. The van der Waals surface area contributed by atoms with Gasteiger partial charge in [0.25, 0.3) is 0 Å². The zero-order valence-electron chi connectivity index (χ0n) is 21.6. The molecule has 9 nitrogen and oxygen atoms in total. The van der Waals surface area contributed by atoms with Crippen LogP contribution in [0.5, 0.6) is 0 Å². The van der Waals surface area contributed by atoms with E-state index in [4.69, 9.17) is 17.3 Å². The Morgan fingerprint density at radius 3 is 2.64 bits per heavy atom. The first-order chi connectivity index (χ1) is 19.7. The highest BCUT2D eigenvalue weighted by Crippen LogP contribution is 2.42. The topological polar surface area (TPSA) is 148 Å². The molecule has 0 aliphatic carbocycles. The predicted octanol–water partition coefficient (Wildman–Crippen LogP) is 4.91. The number of nitrogens with two attached hydrogens (primary N) is 1. The summed E-state index contributed by atoms with van der Waals surface area (Å²) in [6.07, 6.45) is -1.71. The summed E-state index contributed by atoms with van der Waals surface area (Å²) in [5.74, 6) is -0.410. The van der Waals surface area contributed by atoms with Gasteiger partial charge in [-0.05, 0) is 48.2 Å². The fourth-order valence-corrected chi connectivity index (χ4v) is 6.94. The van der Waals surface area contributed by atoms with E-state index < -0.39 is 39.2 Å². The molecule has 4 heterocycles. The summed E-state index contributed by atoms with van der Waals surface area (Å²) in [7, 11) is -4.32. The third-order valence-corrected chi connectivity index (χ3v) is 9.48. The van der Waals surface area contributed by atoms with E-state index in [0.717, 1.165) is 35.8 Å². The van der Waals surface area contributed by atoms with Gasteiger partial charge in [-0.3, -0.25) is 14.8 Å². The Morgan fingerprint density at radius 2 is 1.93 bits per heavy atom. The molecule has 1 aliphatic rings. The van der Waals surface area contributed by atoms with Crippen LogP contribution < -0.4 is 10.5 Å². The van der Waals surface area contributed by atoms with Crippen LogP contribution in [0, 0.1) is 0 Å². The van der Waals surface area contributed by atoms with Crippen LogP contribution in [-0.2, 0) is 20.4 Å². The molecule has 42 heavy (non-hydrogen) atoms. The molecule has 4 aromatic rings. The van der Waals surface area contributed by atoms with E-state index in [9.17, 15) is 31.5 Å². The summed E-state index contributed by atoms with van der Waals surface area (Å²) in [4.78, 5) is 24.2. The predicted molar refractivity (Wildman–Crippen MR) is 155 cm³/mol. The third-order valence-electron chi connectivity index (χ3n) is 6.52. The van der Waals surface area contributed by atoms with Gasteiger partial charge in [0.2, 0.25) is 10.0 Å². The molecule has 0 unspecified atom stereocenters. The van der Waals surface area contributed by atoms with Gasteiger partial charge in [0, 0.05) is 33.6 Å². The number of nitrogen functional groups attached to an aromatic ring is 1. The van der Waals surface area contributed by atoms with Gasteiger partial charge in [0.05, 0.1) is 22.5 Å². The number of sulfonamides is 1. The number of alkyl halides is 3. The molecule has 5 rings (SSSR count). The van der Waals surface area contributed by atoms with Crippen LogP contribution in [0.1, 0.15) is 29.1 Å². The number of nitrogens with one attached hydrogen (secondary N) is 1. The zero-order chi connectivity index (χ0) is 30.4. The Hall–Kier alpha value is -3.69. The van der Waals surface area contributed by atoms with Crippen molar-refractivity contribution in [3.8, 4) is 11.3 Å². The minimum absolute atomic E-state index is 0.0757. The van der Waals surface area contributed by atoms with E-state index in [-0.39, 0.29) is 33.7 Å². The second-order valence-electron chi connectivity index (χ2n) is 9.51. The number of nitrogens with zero attached hydrogens (tertiary/aromatic N) is 3. The molecule has 0 fully saturated rings. The fraction of sp³-hybridized carbons (Fsp3) is 0.185. The number of fused-ring (bicyclic) bond motifs is 1. The summed E-state index contributed by atoms with van der Waals surface area (Å²) in [5.41, 5.74) is 3.09. The van der Waals surface area contributed by atoms with Gasteiger partial charge >= 0.3 is 6.18 Å². The second kappa shape index (κ2) is 10.9. The average molecular weight is 636 g/mol. The number of halogens is 4. The van der Waals surface area contributed by atoms with Crippen LogP contribution in [0.25, 0.3) is 21.3 Å². The van der Waals surface area contributed by atoms with Crippen molar-refractivity contribution in [2.45, 2.75) is 24.7 Å². The molecule has 0 saturated carbocycles. The first-order valence-corrected chi connectivity index (χ1v) is 14.8. The van der Waals surface area contributed by atoms with Crippen molar-refractivity contribution in [2.75, 3.05) is 12.3 Å². The molecule has 1 aromatic carbocycles. The highest BCUT2D eigenvalue weighted by molar-refractivity contribution is 7.94. The summed E-state index contributed by atoms with van der Waals surface area (Å²) >= 11 is 7.56. The number of thiophene rings is 1. The molecule has 3 aromatic heterocycles. The molecular formula is C27H21ClF3N5O4S2. The van der Waals surface area contributed by atoms with E-state index >= 15 is 0 Å². The lowest BCUT2D eigenvalue weighted by atomic mass is 9.94. The molecular weight excluding hydrogens is 615 g/mol. The standard InChI is InChI=1S/C27H21ClF3N5O4S2/c1-26(38,27(29,30)31)15-7-8-34-20(10-15)18-4-2-3-14-9-21(41-25(14)18)24(23-19(28)5-6-22(32)35-23)36-42(39,40)17-11-16(37)12-33-13-17/h2-11,13,24,36,38H,12H2,1H3,(H2,32,35)/t24-,26-/m0/s1. The number of benzene rings is 1. The number of rotatable bonds is 7. The van der Waals surface area contributed by atoms with Gasteiger partial charge < -0.3 is 10.8 Å². The number of aromatic nitrogens is 2. The molecule has 0 radical (unpaired) electrons. The van der Waals surface area contributed by atoms with Crippen molar-refractivity contribution >= 4 is 60.9 Å². The van der Waals surface area contributed by atoms with Gasteiger partial charge in [0.1, 0.15) is 17.3 Å². The first-order valence-electron chi connectivity index (χ1n) is 12.1. The number of aliphatic hydroxyl groups is 1. The summed E-state index contributed by atoms with van der Waals surface area (Å²) in [5, 5.41) is 10.9. The maximum absolute atomic E-state index is 13.5. The Labute approximate surface area is 246 Å². The van der Waals surface area contributed by atoms with Crippen molar-refractivity contribution in [2.24, 2.45) is 4.99 Å². The Balaban J connectivity index is 1.64. The van der Waals surface area contributed by atoms with Crippen LogP contribution in [0.2, 0.25) is 5.02 Å². The van der Waals surface area contributed by atoms with Crippen molar-refractivity contribution < 1.29 is 31.5 Å². The van der Waals surface area contributed by atoms with Crippen molar-refractivity contribution in [1.82, 2.24) is 14.7 Å². The van der Waals surface area contributed by atoms with Crippen LogP contribution >= 0.6 is 22.9 Å². The molecule has 0 bridgehead atoms. The van der Waals surface area contributed by atoms with E-state index in [2.05, 4.69) is 19.7 Å². The molecule has 218 valence electrons. The largest absolute Gasteiger partial charge is 0.421 e. The molecule has 4 N–H and O–H groups in total. The number of pyridine rings is 2. The Kier molecular flexibility index (Phi) is 7.70. The number of hydrogen-bond donors (Lipinski definition) is 3. The van der Waals surface area contributed by atoms with Crippen molar-refractivity contribution in [3.05, 3.63) is 86.9 Å². The lowest BCUT2D eigenvalue weighted by Gasteiger charge is -2.26. The van der Waals surface area contributed by atoms with E-state index in [0.29, 0.717) is 27.5 Å². The fourth-order valence-electron chi connectivity index (χ4n) is 4.23. The number of anilines is 1. The Bertz CT molecular complexity index is 1890. The lowest BCUT2D eigenvalue weighted by Crippen LogP contribution is -2.39. The molecule has 2 atom stereocenters. The number of hydrogen-bond acceptors (Lipinski definition) is 9. The van der Waals surface area contributed by atoms with Crippen LogP contribution in [0.3, 0.4) is 0 Å². The normalized spacial score (nSPS) is 16.3. The van der Waals surface area contributed by atoms with Gasteiger partial charge in [-0.15, -0.1) is 11.3 Å². The number of dihydropyridines is 1. The van der Waals surface area contributed by atoms with Crippen molar-refractivity contribution in [1.29, 1.82) is 0 Å². The summed E-state index contributed by atoms with van der Waals surface area (Å²) in [6, 6.07) is 10.7. The van der Waals surface area contributed by atoms with Gasteiger partial charge in [0.15, 0.2) is 11.4 Å². The smallest absolute Gasteiger partial charge is 0.384 e. The number of allylic oxidation sites excluding steroid dienone is 1.